The Kier molecular flexibility index (Phi) is 3.94. The van der Waals surface area contributed by atoms with Crippen LogP contribution in [0.25, 0.3) is 0 Å². The van der Waals surface area contributed by atoms with E-state index in [-0.39, 0.29) is 5.82 Å². The van der Waals surface area contributed by atoms with Crippen molar-refractivity contribution in [2.24, 2.45) is 0 Å². The Morgan fingerprint density at radius 2 is 2.20 bits per heavy atom. The standard InChI is InChI=1S/C11H15ClFNO/c1-3-11(2,15)7-14-10-6-8(13)4-5-9(10)12/h4-6,14-15H,3,7H2,1-2H3. The summed E-state index contributed by atoms with van der Waals surface area (Å²) >= 11 is 5.86. The van der Waals surface area contributed by atoms with Crippen LogP contribution < -0.4 is 5.32 Å². The van der Waals surface area contributed by atoms with Crippen molar-refractivity contribution in [2.75, 3.05) is 11.9 Å². The SMILES string of the molecule is CCC(C)(O)CNc1cc(F)ccc1Cl. The molecular weight excluding hydrogens is 217 g/mol. The average molecular weight is 232 g/mol. The molecule has 15 heavy (non-hydrogen) atoms. The number of rotatable bonds is 4. The van der Waals surface area contributed by atoms with Gasteiger partial charge in [0, 0.05) is 6.54 Å². The highest BCUT2D eigenvalue weighted by molar-refractivity contribution is 6.33. The maximum Gasteiger partial charge on any atom is 0.125 e. The lowest BCUT2D eigenvalue weighted by atomic mass is 10.0. The summed E-state index contributed by atoms with van der Waals surface area (Å²) in [5, 5.41) is 13.1. The highest BCUT2D eigenvalue weighted by Crippen LogP contribution is 2.23. The lowest BCUT2D eigenvalue weighted by molar-refractivity contribution is 0.0697. The van der Waals surface area contributed by atoms with Gasteiger partial charge < -0.3 is 10.4 Å². The van der Waals surface area contributed by atoms with Crippen LogP contribution in [0.2, 0.25) is 5.02 Å². The third kappa shape index (κ3) is 3.68. The molecule has 1 aromatic rings. The van der Waals surface area contributed by atoms with E-state index in [1.54, 1.807) is 6.92 Å². The van der Waals surface area contributed by atoms with Crippen molar-refractivity contribution >= 4 is 17.3 Å². The first kappa shape index (κ1) is 12.3. The number of aliphatic hydroxyl groups is 1. The molecule has 0 heterocycles. The van der Waals surface area contributed by atoms with E-state index in [4.69, 9.17) is 11.6 Å². The monoisotopic (exact) mass is 231 g/mol. The van der Waals surface area contributed by atoms with E-state index in [0.29, 0.717) is 23.7 Å². The number of halogens is 2. The van der Waals surface area contributed by atoms with Gasteiger partial charge in [-0.15, -0.1) is 0 Å². The van der Waals surface area contributed by atoms with E-state index < -0.39 is 5.60 Å². The Morgan fingerprint density at radius 3 is 2.80 bits per heavy atom. The van der Waals surface area contributed by atoms with Crippen LogP contribution in [0.15, 0.2) is 18.2 Å². The first-order valence-electron chi connectivity index (χ1n) is 4.86. The van der Waals surface area contributed by atoms with Crippen molar-refractivity contribution < 1.29 is 9.50 Å². The molecule has 0 radical (unpaired) electrons. The van der Waals surface area contributed by atoms with Crippen molar-refractivity contribution in [3.63, 3.8) is 0 Å². The number of benzene rings is 1. The van der Waals surface area contributed by atoms with Gasteiger partial charge in [-0.1, -0.05) is 18.5 Å². The lowest BCUT2D eigenvalue weighted by Gasteiger charge is -2.22. The highest BCUT2D eigenvalue weighted by atomic mass is 35.5. The lowest BCUT2D eigenvalue weighted by Crippen LogP contribution is -2.32. The van der Waals surface area contributed by atoms with E-state index in [9.17, 15) is 9.50 Å². The fourth-order valence-corrected chi connectivity index (χ4v) is 1.23. The molecule has 0 saturated heterocycles. The van der Waals surface area contributed by atoms with Crippen LogP contribution >= 0.6 is 11.6 Å². The number of hydrogen-bond donors (Lipinski definition) is 2. The van der Waals surface area contributed by atoms with Gasteiger partial charge >= 0.3 is 0 Å². The Balaban J connectivity index is 2.69. The number of anilines is 1. The number of nitrogens with one attached hydrogen (secondary N) is 1. The minimum atomic E-state index is -0.810. The maximum atomic E-state index is 12.9. The van der Waals surface area contributed by atoms with Crippen LogP contribution in [0.5, 0.6) is 0 Å². The summed E-state index contributed by atoms with van der Waals surface area (Å²) in [6.45, 7) is 3.94. The fourth-order valence-electron chi connectivity index (χ4n) is 1.04. The highest BCUT2D eigenvalue weighted by Gasteiger charge is 2.17. The van der Waals surface area contributed by atoms with E-state index in [2.05, 4.69) is 5.32 Å². The van der Waals surface area contributed by atoms with Crippen molar-refractivity contribution in [3.8, 4) is 0 Å². The number of hydrogen-bond acceptors (Lipinski definition) is 2. The normalized spacial score (nSPS) is 14.7. The molecule has 0 aliphatic rings. The quantitative estimate of drug-likeness (QED) is 0.835. The fraction of sp³-hybridized carbons (Fsp3) is 0.455. The van der Waals surface area contributed by atoms with Crippen molar-refractivity contribution in [2.45, 2.75) is 25.9 Å². The minimum Gasteiger partial charge on any atom is -0.388 e. The van der Waals surface area contributed by atoms with Gasteiger partial charge in [-0.05, 0) is 31.5 Å². The molecule has 0 aliphatic carbocycles. The second-order valence-corrected chi connectivity index (χ2v) is 4.24. The zero-order valence-corrected chi connectivity index (χ0v) is 9.61. The van der Waals surface area contributed by atoms with Crippen molar-refractivity contribution in [3.05, 3.63) is 29.0 Å². The molecule has 0 amide bonds. The molecular formula is C11H15ClFNO. The molecule has 1 aromatic carbocycles. The van der Waals surface area contributed by atoms with Crippen LogP contribution in [0, 0.1) is 5.82 Å². The first-order chi connectivity index (χ1) is 6.94. The van der Waals surface area contributed by atoms with Gasteiger partial charge in [-0.25, -0.2) is 4.39 Å². The van der Waals surface area contributed by atoms with Gasteiger partial charge in [0.15, 0.2) is 0 Å². The molecule has 1 rings (SSSR count). The molecule has 2 N–H and O–H groups in total. The van der Waals surface area contributed by atoms with Gasteiger partial charge in [0.05, 0.1) is 16.3 Å². The molecule has 0 bridgehead atoms. The largest absolute Gasteiger partial charge is 0.388 e. The van der Waals surface area contributed by atoms with Crippen LogP contribution in [-0.4, -0.2) is 17.3 Å². The predicted octanol–water partition coefficient (Wildman–Crippen LogP) is 3.05. The van der Waals surface area contributed by atoms with Crippen LogP contribution in [0.4, 0.5) is 10.1 Å². The summed E-state index contributed by atoms with van der Waals surface area (Å²) in [4.78, 5) is 0. The van der Waals surface area contributed by atoms with Gasteiger partial charge in [0.25, 0.3) is 0 Å². The predicted molar refractivity (Wildman–Crippen MR) is 60.8 cm³/mol. The molecule has 2 nitrogen and oxygen atoms in total. The topological polar surface area (TPSA) is 32.3 Å². The minimum absolute atomic E-state index is 0.340. The van der Waals surface area contributed by atoms with Crippen molar-refractivity contribution in [1.29, 1.82) is 0 Å². The van der Waals surface area contributed by atoms with Crippen LogP contribution in [0.3, 0.4) is 0 Å². The molecule has 0 aliphatic heterocycles. The molecule has 0 spiro atoms. The van der Waals surface area contributed by atoms with Crippen molar-refractivity contribution in [1.82, 2.24) is 0 Å². The Hall–Kier alpha value is -0.800. The first-order valence-corrected chi connectivity index (χ1v) is 5.24. The van der Waals surface area contributed by atoms with E-state index in [1.807, 2.05) is 6.92 Å². The summed E-state index contributed by atoms with van der Waals surface area (Å²) in [7, 11) is 0. The molecule has 0 saturated carbocycles. The average Bonchev–Trinajstić information content (AvgIpc) is 2.20. The summed E-state index contributed by atoms with van der Waals surface area (Å²) in [5.41, 5.74) is -0.305. The summed E-state index contributed by atoms with van der Waals surface area (Å²) < 4.78 is 12.9. The molecule has 1 atom stereocenters. The maximum absolute atomic E-state index is 12.9. The van der Waals surface area contributed by atoms with E-state index in [1.165, 1.54) is 18.2 Å². The Bertz CT molecular complexity index is 341. The second kappa shape index (κ2) is 4.81. The van der Waals surface area contributed by atoms with E-state index >= 15 is 0 Å². The van der Waals surface area contributed by atoms with Gasteiger partial charge in [0.2, 0.25) is 0 Å². The molecule has 1 unspecified atom stereocenters. The smallest absolute Gasteiger partial charge is 0.125 e. The summed E-state index contributed by atoms with van der Waals surface area (Å²) in [6, 6.07) is 4.10. The van der Waals surface area contributed by atoms with E-state index in [0.717, 1.165) is 0 Å². The molecule has 84 valence electrons. The zero-order valence-electron chi connectivity index (χ0n) is 8.85. The third-order valence-electron chi connectivity index (χ3n) is 2.35. The van der Waals surface area contributed by atoms with Gasteiger partial charge in [-0.3, -0.25) is 0 Å². The molecule has 0 fully saturated rings. The third-order valence-corrected chi connectivity index (χ3v) is 2.68. The zero-order chi connectivity index (χ0) is 11.5. The van der Waals surface area contributed by atoms with Gasteiger partial charge in [-0.2, -0.15) is 0 Å². The van der Waals surface area contributed by atoms with Gasteiger partial charge in [0.1, 0.15) is 5.82 Å². The van der Waals surface area contributed by atoms with Crippen LogP contribution in [0.1, 0.15) is 20.3 Å². The molecule has 0 aromatic heterocycles. The Morgan fingerprint density at radius 1 is 1.53 bits per heavy atom. The summed E-state index contributed by atoms with van der Waals surface area (Å²) in [6.07, 6.45) is 0.618. The summed E-state index contributed by atoms with van der Waals surface area (Å²) in [5.74, 6) is -0.349. The molecule has 4 heteroatoms. The van der Waals surface area contributed by atoms with Crippen LogP contribution in [-0.2, 0) is 0 Å². The Labute approximate surface area is 94.1 Å². The second-order valence-electron chi connectivity index (χ2n) is 3.83.